The molecular weight excluding hydrogens is 1570 g/mol. The van der Waals surface area contributed by atoms with Gasteiger partial charge in [0.15, 0.2) is 0 Å². The predicted molar refractivity (Wildman–Crippen MR) is 455 cm³/mol. The Morgan fingerprint density at radius 1 is 0.577 bits per heavy atom. The smallest absolute Gasteiger partial charge is 0.274 e. The molecule has 646 valence electrons. The minimum atomic E-state index is -1.76. The number of alkyl halides is 1. The maximum absolute atomic E-state index is 15.1. The van der Waals surface area contributed by atoms with E-state index in [2.05, 4.69) is 73.4 Å². The molecule has 30 nitrogen and oxygen atoms in total. The lowest BCUT2D eigenvalue weighted by atomic mass is 9.62. The molecule has 0 bridgehead atoms. The molecule has 6 aliphatic heterocycles. The summed E-state index contributed by atoms with van der Waals surface area (Å²) in [6.45, 7) is 15.0. The summed E-state index contributed by atoms with van der Waals surface area (Å²) in [6.07, 6.45) is 15.5. The first-order chi connectivity index (χ1) is 59.1. The van der Waals surface area contributed by atoms with Crippen LogP contribution in [0.5, 0.6) is 5.75 Å². The van der Waals surface area contributed by atoms with Gasteiger partial charge in [0.05, 0.1) is 81.7 Å². The summed E-state index contributed by atoms with van der Waals surface area (Å²) >= 11 is 0. The highest BCUT2D eigenvalue weighted by atomic mass is 19.1. The highest BCUT2D eigenvalue weighted by molar-refractivity contribution is 6.27. The van der Waals surface area contributed by atoms with Crippen molar-refractivity contribution in [2.75, 3.05) is 87.4 Å². The van der Waals surface area contributed by atoms with Crippen molar-refractivity contribution in [2.45, 2.75) is 197 Å². The Balaban J connectivity index is 0.602. The zero-order chi connectivity index (χ0) is 85.9. The van der Waals surface area contributed by atoms with Gasteiger partial charge in [-0.2, -0.15) is 10.2 Å². The van der Waals surface area contributed by atoms with E-state index in [9.17, 15) is 53.1 Å². The van der Waals surface area contributed by atoms with Gasteiger partial charge in [-0.15, -0.1) is 0 Å². The number of piperidine rings is 4. The third-order valence-electron chi connectivity index (χ3n) is 26.8. The van der Waals surface area contributed by atoms with Gasteiger partial charge in [-0.25, -0.2) is 14.4 Å². The highest BCUT2D eigenvalue weighted by Crippen LogP contribution is 2.51. The number of benzene rings is 4. The van der Waals surface area contributed by atoms with Crippen LogP contribution in [0.25, 0.3) is 21.8 Å². The van der Waals surface area contributed by atoms with Gasteiger partial charge in [0, 0.05) is 122 Å². The van der Waals surface area contributed by atoms with E-state index in [0.717, 1.165) is 124 Å². The van der Waals surface area contributed by atoms with E-state index < -0.39 is 76.5 Å². The number of imide groups is 4. The second kappa shape index (κ2) is 34.8. The molecule has 10 amide bonds. The van der Waals surface area contributed by atoms with Gasteiger partial charge in [0.1, 0.15) is 34.9 Å². The van der Waals surface area contributed by atoms with E-state index in [0.29, 0.717) is 108 Å². The Bertz CT molecular complexity index is 5480. The summed E-state index contributed by atoms with van der Waals surface area (Å²) < 4.78 is 38.6. The summed E-state index contributed by atoms with van der Waals surface area (Å²) in [5.41, 5.74) is 2.84. The number of nitrogens with one attached hydrogen (secondary N) is 6. The topological polar surface area (TPSA) is 365 Å². The molecule has 9 aliphatic rings. The molecule has 8 aromatic rings. The number of methoxy groups -OCH3 is 1. The van der Waals surface area contributed by atoms with Gasteiger partial charge in [0.2, 0.25) is 23.6 Å². The van der Waals surface area contributed by atoms with Crippen molar-refractivity contribution in [3.63, 3.8) is 0 Å². The zero-order valence-electron chi connectivity index (χ0n) is 70.3. The SMILES string of the molecule is COc1cc2nn([C@@H]3CC[C@@H](CN4CCC(O[C@H]5C[C@H](Nc6cccc7c6C(=O)N(C6CCC(=O)NC6=O)C7=O)C5)CC4)C(C4C[C@@H](n5cc6cc(NC(=O)c7cccc(C)n7)c(C(C)(C)O)cc6n5)CC[C@@H]4CN4CCC(COCCCNc5cccc6c5C(=O)N(C5CCC(=O)NC5=O)C6=O)CC4)C3)cc2cc1NC(=O)c1cccc(C(C)(C)F)n1. The number of carbonyl (C=O) groups is 10. The van der Waals surface area contributed by atoms with Crippen LogP contribution >= 0.6 is 0 Å². The Kier molecular flexibility index (Phi) is 23.8. The number of likely N-dealkylation sites (tertiary alicyclic amines) is 2. The van der Waals surface area contributed by atoms with E-state index in [-0.39, 0.29) is 113 Å². The number of fused-ring (bicyclic) bond motifs is 4. The first-order valence-electron chi connectivity index (χ1n) is 43.6. The summed E-state index contributed by atoms with van der Waals surface area (Å²) in [5, 5.41) is 41.5. The van der Waals surface area contributed by atoms with Crippen molar-refractivity contribution in [3.8, 4) is 5.75 Å². The predicted octanol–water partition coefficient (Wildman–Crippen LogP) is 11.2. The third kappa shape index (κ3) is 17.7. The van der Waals surface area contributed by atoms with Crippen LogP contribution in [0.1, 0.15) is 228 Å². The van der Waals surface area contributed by atoms with Crippen LogP contribution in [0.15, 0.2) is 109 Å². The number of amides is 10. The maximum atomic E-state index is 15.1. The van der Waals surface area contributed by atoms with Gasteiger partial charge < -0.3 is 50.4 Å². The average Bonchev–Trinajstić information content (AvgIpc) is 1.60. The molecule has 3 saturated carbocycles. The molecule has 4 aromatic heterocycles. The normalized spacial score (nSPS) is 24.5. The van der Waals surface area contributed by atoms with E-state index >= 15 is 4.39 Å². The summed E-state index contributed by atoms with van der Waals surface area (Å²) in [6, 6.07) is 25.6. The number of ether oxygens (including phenoxy) is 3. The number of rotatable bonds is 27. The number of halogens is 1. The van der Waals surface area contributed by atoms with Crippen LogP contribution in [0.4, 0.5) is 27.1 Å². The summed E-state index contributed by atoms with van der Waals surface area (Å²) in [4.78, 5) is 148. The van der Waals surface area contributed by atoms with Crippen LogP contribution in [0.3, 0.4) is 0 Å². The van der Waals surface area contributed by atoms with Crippen LogP contribution in [-0.2, 0) is 39.9 Å². The van der Waals surface area contributed by atoms with Gasteiger partial charge in [-0.3, -0.25) is 77.7 Å². The molecule has 31 heteroatoms. The van der Waals surface area contributed by atoms with Crippen molar-refractivity contribution in [3.05, 3.63) is 160 Å². The zero-order valence-corrected chi connectivity index (χ0v) is 70.3. The van der Waals surface area contributed by atoms with Gasteiger partial charge in [-0.1, -0.05) is 24.3 Å². The Hall–Kier alpha value is -11.3. The number of hydrogen-bond donors (Lipinski definition) is 7. The van der Waals surface area contributed by atoms with Gasteiger partial charge in [0.25, 0.3) is 35.4 Å². The van der Waals surface area contributed by atoms with Crippen LogP contribution in [0, 0.1) is 36.5 Å². The molecule has 3 aliphatic carbocycles. The molecule has 7 N–H and O–H groups in total. The van der Waals surface area contributed by atoms with Crippen LogP contribution in [0.2, 0.25) is 0 Å². The standard InChI is InChI=1S/C92H107FN16O14/c1-51-12-7-17-69(95-51)83(112)98-73-38-55-48-106(102-71(55)44-66(73)92(4,5)120)58-22-20-53(46-104-33-28-52(29-34-104)50-122-37-11-32-94-67-15-8-13-62-81(67)89(118)108(87(62)116)75-24-26-79(110)100-85(75)114)64(42-58)65-43-59(107-49-56-39-74(77(121-6)45-72(56)103-107)99-84(113)70-18-10-19-78(97-70)91(2,3)93)23-21-54(65)47-105-35-30-60(31-36-105)123-61-40-57(41-61)96-68-16-9-14-63-82(68)90(119)109(88(63)117)76-25-27-80(111)101-86(76)115/h7-10,12-19,38-39,44-45,48-49,52-54,57-61,64-65,75-76,94,96,120H,11,20-37,40-43,46-47,50H2,1-6H3,(H,98,112)(H,99,113)(H,100,110,114)(H,101,111,115)/t53-,54+,57-,58+,59-,61-,64?,65?,75?,76?/m1/s1. The van der Waals surface area contributed by atoms with Crippen LogP contribution < -0.4 is 36.6 Å². The lowest BCUT2D eigenvalue weighted by Crippen LogP contribution is -2.54. The number of nitrogens with zero attached hydrogens (tertiary/aromatic N) is 10. The number of carbonyl (C=O) groups excluding carboxylic acids is 10. The van der Waals surface area contributed by atoms with Crippen molar-refractivity contribution < 1.29 is 71.7 Å². The number of pyridine rings is 2. The first kappa shape index (κ1) is 84.0. The average molecular weight is 1680 g/mol. The summed E-state index contributed by atoms with van der Waals surface area (Å²) in [7, 11) is 1.55. The molecule has 4 saturated heterocycles. The number of aliphatic hydroxyl groups is 1. The molecular formula is C92H107FN16O14. The van der Waals surface area contributed by atoms with Gasteiger partial charge >= 0.3 is 0 Å². The Morgan fingerprint density at radius 3 is 1.67 bits per heavy atom. The molecule has 17 rings (SSSR count). The van der Waals surface area contributed by atoms with Gasteiger partial charge in [-0.05, 0) is 240 Å². The fourth-order valence-electron chi connectivity index (χ4n) is 20.3. The minimum Gasteiger partial charge on any atom is -0.494 e. The second-order valence-corrected chi connectivity index (χ2v) is 36.1. The van der Waals surface area contributed by atoms with E-state index in [4.69, 9.17) is 24.4 Å². The minimum absolute atomic E-state index is 0.00316. The van der Waals surface area contributed by atoms with E-state index in [1.807, 2.05) is 37.3 Å². The lowest BCUT2D eigenvalue weighted by molar-refractivity contribution is -0.137. The van der Waals surface area contributed by atoms with Crippen molar-refractivity contribution in [1.29, 1.82) is 0 Å². The largest absolute Gasteiger partial charge is 0.494 e. The van der Waals surface area contributed by atoms with Crippen molar-refractivity contribution in [1.82, 2.24) is 59.8 Å². The molecule has 10 heterocycles. The lowest BCUT2D eigenvalue weighted by Gasteiger charge is -2.49. The molecule has 4 aromatic carbocycles. The second-order valence-electron chi connectivity index (χ2n) is 36.1. The summed E-state index contributed by atoms with van der Waals surface area (Å²) in [5.74, 6) is -3.45. The number of anilines is 4. The van der Waals surface area contributed by atoms with Crippen LogP contribution in [-0.4, -0.2) is 210 Å². The first-order valence-corrected chi connectivity index (χ1v) is 43.6. The highest BCUT2D eigenvalue weighted by Gasteiger charge is 2.50. The maximum Gasteiger partial charge on any atom is 0.274 e. The monoisotopic (exact) mass is 1680 g/mol. The third-order valence-corrected chi connectivity index (χ3v) is 26.8. The quantitative estimate of drug-likeness (QED) is 0.0186. The molecule has 8 atom stereocenters. The van der Waals surface area contributed by atoms with Crippen molar-refractivity contribution in [2.24, 2.45) is 29.6 Å². The van der Waals surface area contributed by atoms with E-state index in [1.54, 1.807) is 87.7 Å². The van der Waals surface area contributed by atoms with Crippen molar-refractivity contribution >= 4 is 104 Å². The number of aromatic nitrogens is 6. The Labute approximate surface area is 711 Å². The molecule has 7 fully saturated rings. The molecule has 0 radical (unpaired) electrons. The number of aryl methyl sites for hydroxylation is 1. The van der Waals surface area contributed by atoms with E-state index in [1.165, 1.54) is 13.8 Å². The fourth-order valence-corrected chi connectivity index (χ4v) is 20.3. The molecule has 0 spiro atoms. The number of hydrogen-bond acceptors (Lipinski definition) is 22. The molecule has 4 unspecified atom stereocenters. The molecule has 123 heavy (non-hydrogen) atoms. The Morgan fingerprint density at radius 2 is 1.11 bits per heavy atom. The fraction of sp³-hybridized carbons (Fsp3) is 0.500.